The second-order valence-electron chi connectivity index (χ2n) is 4.86. The first kappa shape index (κ1) is 14.6. The lowest BCUT2D eigenvalue weighted by Crippen LogP contribution is -2.48. The lowest BCUT2D eigenvalue weighted by atomic mass is 9.99. The van der Waals surface area contributed by atoms with Gasteiger partial charge in [0.2, 0.25) is 5.91 Å². The topological polar surface area (TPSA) is 50.4 Å². The molecule has 0 radical (unpaired) electrons. The lowest BCUT2D eigenvalue weighted by Gasteiger charge is -2.24. The molecule has 1 saturated heterocycles. The minimum atomic E-state index is -4.80. The number of halogens is 3. The Morgan fingerprint density at radius 1 is 1.40 bits per heavy atom. The Morgan fingerprint density at radius 3 is 2.70 bits per heavy atom. The number of hydrogen-bond donors (Lipinski definition) is 2. The van der Waals surface area contributed by atoms with Gasteiger partial charge in [0.1, 0.15) is 0 Å². The second kappa shape index (κ2) is 5.32. The third kappa shape index (κ3) is 3.41. The van der Waals surface area contributed by atoms with E-state index in [1.165, 1.54) is 18.2 Å². The monoisotopic (exact) mass is 288 g/mol. The highest BCUT2D eigenvalue weighted by molar-refractivity contribution is 5.99. The number of nitrogens with one attached hydrogen (secondary N) is 2. The highest BCUT2D eigenvalue weighted by Crippen LogP contribution is 2.31. The van der Waals surface area contributed by atoms with Gasteiger partial charge in [-0.25, -0.2) is 0 Å². The average Bonchev–Trinajstić information content (AvgIpc) is 2.78. The Balaban J connectivity index is 2.15. The summed E-state index contributed by atoms with van der Waals surface area (Å²) in [6.45, 7) is 2.44. The van der Waals surface area contributed by atoms with E-state index in [1.54, 1.807) is 6.92 Å². The first-order valence-electron chi connectivity index (χ1n) is 6.21. The van der Waals surface area contributed by atoms with Gasteiger partial charge in [-0.3, -0.25) is 4.79 Å². The van der Waals surface area contributed by atoms with Gasteiger partial charge in [-0.15, -0.1) is 13.2 Å². The summed E-state index contributed by atoms with van der Waals surface area (Å²) in [6.07, 6.45) is -3.30. The maximum atomic E-state index is 12.3. The van der Waals surface area contributed by atoms with Gasteiger partial charge in [-0.05, 0) is 38.4 Å². The molecule has 0 spiro atoms. The van der Waals surface area contributed by atoms with Crippen molar-refractivity contribution in [2.24, 2.45) is 0 Å². The Kier molecular flexibility index (Phi) is 3.89. The zero-order chi connectivity index (χ0) is 14.8. The smallest absolute Gasteiger partial charge is 0.404 e. The number of rotatable bonds is 3. The van der Waals surface area contributed by atoms with Crippen LogP contribution in [0.3, 0.4) is 0 Å². The number of carbonyl (C=O) groups excluding carboxylic acids is 1. The standard InChI is InChI=1S/C13H15F3N2O2/c1-12(7-4-8-17-12)11(19)18-9-5-2-3-6-10(9)20-13(14,15)16/h2-3,5-6,17H,4,7-8H2,1H3,(H,18,19). The van der Waals surface area contributed by atoms with Gasteiger partial charge < -0.3 is 15.4 Å². The van der Waals surface area contributed by atoms with E-state index in [4.69, 9.17) is 0 Å². The predicted molar refractivity (Wildman–Crippen MR) is 67.4 cm³/mol. The maximum Gasteiger partial charge on any atom is 0.573 e. The Bertz CT molecular complexity index is 497. The molecule has 20 heavy (non-hydrogen) atoms. The van der Waals surface area contributed by atoms with Crippen LogP contribution in [0.1, 0.15) is 19.8 Å². The molecule has 1 aliphatic rings. The summed E-state index contributed by atoms with van der Waals surface area (Å²) < 4.78 is 40.8. The minimum Gasteiger partial charge on any atom is -0.404 e. The van der Waals surface area contributed by atoms with Crippen LogP contribution in [0.25, 0.3) is 0 Å². The van der Waals surface area contributed by atoms with Crippen molar-refractivity contribution in [2.45, 2.75) is 31.7 Å². The summed E-state index contributed by atoms with van der Waals surface area (Å²) >= 11 is 0. The molecule has 2 N–H and O–H groups in total. The van der Waals surface area contributed by atoms with Gasteiger partial charge in [0, 0.05) is 0 Å². The number of anilines is 1. The van der Waals surface area contributed by atoms with Gasteiger partial charge in [0.25, 0.3) is 0 Å². The van der Waals surface area contributed by atoms with Crippen molar-refractivity contribution >= 4 is 11.6 Å². The fourth-order valence-electron chi connectivity index (χ4n) is 2.13. The van der Waals surface area contributed by atoms with Crippen LogP contribution in [-0.4, -0.2) is 24.4 Å². The second-order valence-corrected chi connectivity index (χ2v) is 4.86. The van der Waals surface area contributed by atoms with E-state index in [0.717, 1.165) is 12.5 Å². The molecule has 1 unspecified atom stereocenters. The van der Waals surface area contributed by atoms with Crippen LogP contribution in [0, 0.1) is 0 Å². The summed E-state index contributed by atoms with van der Waals surface area (Å²) in [5.74, 6) is -0.789. The van der Waals surface area contributed by atoms with Gasteiger partial charge in [-0.2, -0.15) is 0 Å². The number of hydrogen-bond acceptors (Lipinski definition) is 3. The van der Waals surface area contributed by atoms with E-state index in [2.05, 4.69) is 15.4 Å². The lowest BCUT2D eigenvalue weighted by molar-refractivity contribution is -0.274. The zero-order valence-electron chi connectivity index (χ0n) is 10.9. The minimum absolute atomic E-state index is 0.00440. The fourth-order valence-corrected chi connectivity index (χ4v) is 2.13. The van der Waals surface area contributed by atoms with Crippen molar-refractivity contribution in [1.82, 2.24) is 5.32 Å². The van der Waals surface area contributed by atoms with E-state index in [1.807, 2.05) is 0 Å². The summed E-state index contributed by atoms with van der Waals surface area (Å²) in [6, 6.07) is 5.47. The van der Waals surface area contributed by atoms with Crippen LogP contribution in [0.4, 0.5) is 18.9 Å². The predicted octanol–water partition coefficient (Wildman–Crippen LogP) is 2.67. The Morgan fingerprint density at radius 2 is 2.10 bits per heavy atom. The van der Waals surface area contributed by atoms with Crippen molar-refractivity contribution in [1.29, 1.82) is 0 Å². The van der Waals surface area contributed by atoms with Gasteiger partial charge in [-0.1, -0.05) is 12.1 Å². The molecule has 1 aromatic carbocycles. The molecule has 110 valence electrons. The molecule has 4 nitrogen and oxygen atoms in total. The first-order chi connectivity index (χ1) is 9.30. The molecule has 1 aliphatic heterocycles. The molecule has 1 heterocycles. The van der Waals surface area contributed by atoms with Crippen LogP contribution in [0.5, 0.6) is 5.75 Å². The Labute approximate surface area is 114 Å². The average molecular weight is 288 g/mol. The summed E-state index contributed by atoms with van der Waals surface area (Å²) in [5, 5.41) is 5.53. The molecular formula is C13H15F3N2O2. The van der Waals surface area contributed by atoms with E-state index in [-0.39, 0.29) is 11.6 Å². The SMILES string of the molecule is CC1(C(=O)Nc2ccccc2OC(F)(F)F)CCCN1. The van der Waals surface area contributed by atoms with Crippen molar-refractivity contribution in [3.8, 4) is 5.75 Å². The number of ether oxygens (including phenoxy) is 1. The number of carbonyl (C=O) groups is 1. The van der Waals surface area contributed by atoms with E-state index < -0.39 is 17.7 Å². The van der Waals surface area contributed by atoms with Crippen molar-refractivity contribution < 1.29 is 22.7 Å². The molecule has 0 aromatic heterocycles. The van der Waals surface area contributed by atoms with Crippen molar-refractivity contribution in [3.05, 3.63) is 24.3 Å². The van der Waals surface area contributed by atoms with Gasteiger partial charge >= 0.3 is 6.36 Å². The van der Waals surface area contributed by atoms with Crippen LogP contribution < -0.4 is 15.4 Å². The molecule has 2 rings (SSSR count). The molecule has 1 amide bonds. The molecule has 0 bridgehead atoms. The number of para-hydroxylation sites is 2. The summed E-state index contributed by atoms with van der Waals surface area (Å²) in [4.78, 5) is 12.1. The van der Waals surface area contributed by atoms with Gasteiger partial charge in [0.15, 0.2) is 5.75 Å². The number of alkyl halides is 3. The third-order valence-electron chi connectivity index (χ3n) is 3.23. The van der Waals surface area contributed by atoms with Crippen LogP contribution in [0.2, 0.25) is 0 Å². The molecule has 0 aliphatic carbocycles. The normalized spacial score (nSPS) is 22.6. The van der Waals surface area contributed by atoms with Crippen molar-refractivity contribution in [3.63, 3.8) is 0 Å². The highest BCUT2D eigenvalue weighted by atomic mass is 19.4. The largest absolute Gasteiger partial charge is 0.573 e. The third-order valence-corrected chi connectivity index (χ3v) is 3.23. The van der Waals surface area contributed by atoms with E-state index >= 15 is 0 Å². The quantitative estimate of drug-likeness (QED) is 0.899. The molecule has 1 atom stereocenters. The maximum absolute atomic E-state index is 12.3. The van der Waals surface area contributed by atoms with Crippen LogP contribution in [0.15, 0.2) is 24.3 Å². The fraction of sp³-hybridized carbons (Fsp3) is 0.462. The van der Waals surface area contributed by atoms with Crippen LogP contribution >= 0.6 is 0 Å². The van der Waals surface area contributed by atoms with Crippen molar-refractivity contribution in [2.75, 3.05) is 11.9 Å². The molecule has 1 fully saturated rings. The van der Waals surface area contributed by atoms with Gasteiger partial charge in [0.05, 0.1) is 11.2 Å². The summed E-state index contributed by atoms with van der Waals surface area (Å²) in [7, 11) is 0. The highest BCUT2D eigenvalue weighted by Gasteiger charge is 2.37. The first-order valence-corrected chi connectivity index (χ1v) is 6.21. The zero-order valence-corrected chi connectivity index (χ0v) is 10.9. The van der Waals surface area contributed by atoms with E-state index in [9.17, 15) is 18.0 Å². The van der Waals surface area contributed by atoms with Crippen LogP contribution in [-0.2, 0) is 4.79 Å². The number of amides is 1. The molecule has 1 aromatic rings. The van der Waals surface area contributed by atoms with E-state index in [0.29, 0.717) is 13.0 Å². The molecule has 0 saturated carbocycles. The number of benzene rings is 1. The molecular weight excluding hydrogens is 273 g/mol. The Hall–Kier alpha value is -1.76. The summed E-state index contributed by atoms with van der Waals surface area (Å²) in [5.41, 5.74) is -0.754. The molecule has 7 heteroatoms.